The van der Waals surface area contributed by atoms with E-state index >= 15 is 0 Å². The zero-order chi connectivity index (χ0) is 22.5. The van der Waals surface area contributed by atoms with Crippen molar-refractivity contribution in [2.24, 2.45) is 0 Å². The lowest BCUT2D eigenvalue weighted by atomic mass is 9.95. The van der Waals surface area contributed by atoms with E-state index in [4.69, 9.17) is 9.47 Å². The molecule has 7 heteroatoms. The number of nitrogens with zero attached hydrogens (tertiary/aromatic N) is 2. The van der Waals surface area contributed by atoms with E-state index in [1.807, 2.05) is 25.1 Å². The molecule has 164 valence electrons. The Kier molecular flexibility index (Phi) is 6.97. The van der Waals surface area contributed by atoms with Crippen LogP contribution in [0.5, 0.6) is 11.5 Å². The lowest BCUT2D eigenvalue weighted by Gasteiger charge is -2.26. The van der Waals surface area contributed by atoms with Crippen LogP contribution in [0, 0.1) is 0 Å². The van der Waals surface area contributed by atoms with Crippen LogP contribution >= 0.6 is 0 Å². The highest BCUT2D eigenvalue weighted by molar-refractivity contribution is 6.46. The second-order valence-electron chi connectivity index (χ2n) is 7.66. The van der Waals surface area contributed by atoms with Gasteiger partial charge in [0.05, 0.1) is 25.8 Å². The third-order valence-corrected chi connectivity index (χ3v) is 5.30. The maximum atomic E-state index is 13.0. The van der Waals surface area contributed by atoms with Crippen molar-refractivity contribution in [1.29, 1.82) is 0 Å². The van der Waals surface area contributed by atoms with Gasteiger partial charge in [-0.2, -0.15) is 0 Å². The number of Topliss-reactive ketones (excluding diaryl/α,β-unsaturated/α-hetero) is 1. The first-order valence-corrected chi connectivity index (χ1v) is 10.1. The Morgan fingerprint density at radius 3 is 2.32 bits per heavy atom. The van der Waals surface area contributed by atoms with Crippen LogP contribution in [0.2, 0.25) is 0 Å². The number of methoxy groups -OCH3 is 2. The first kappa shape index (κ1) is 22.4. The van der Waals surface area contributed by atoms with Crippen molar-refractivity contribution in [2.75, 3.05) is 41.4 Å². The van der Waals surface area contributed by atoms with Gasteiger partial charge < -0.3 is 24.4 Å². The van der Waals surface area contributed by atoms with E-state index in [0.29, 0.717) is 35.6 Å². The van der Waals surface area contributed by atoms with Gasteiger partial charge in [-0.05, 0) is 56.9 Å². The van der Waals surface area contributed by atoms with Gasteiger partial charge in [0.2, 0.25) is 0 Å². The molecule has 31 heavy (non-hydrogen) atoms. The molecule has 3 rings (SSSR count). The zero-order valence-electron chi connectivity index (χ0n) is 18.3. The van der Waals surface area contributed by atoms with Gasteiger partial charge in [0.15, 0.2) is 0 Å². The number of aliphatic hydroxyl groups is 1. The summed E-state index contributed by atoms with van der Waals surface area (Å²) < 4.78 is 10.6. The topological polar surface area (TPSA) is 79.3 Å². The van der Waals surface area contributed by atoms with Crippen molar-refractivity contribution in [3.63, 3.8) is 0 Å². The molecule has 1 aliphatic heterocycles. The number of carbonyl (C=O) groups excluding carboxylic acids is 2. The summed E-state index contributed by atoms with van der Waals surface area (Å²) in [5, 5.41) is 11.1. The molecule has 1 amide bonds. The first-order valence-electron chi connectivity index (χ1n) is 10.1. The van der Waals surface area contributed by atoms with Crippen molar-refractivity contribution in [2.45, 2.75) is 12.5 Å². The largest absolute Gasteiger partial charge is 0.507 e. The van der Waals surface area contributed by atoms with Crippen LogP contribution in [-0.4, -0.2) is 68.0 Å². The number of benzene rings is 2. The van der Waals surface area contributed by atoms with E-state index < -0.39 is 17.7 Å². The smallest absolute Gasteiger partial charge is 0.295 e. The van der Waals surface area contributed by atoms with Gasteiger partial charge in [-0.1, -0.05) is 24.3 Å². The maximum absolute atomic E-state index is 13.0. The van der Waals surface area contributed by atoms with Crippen molar-refractivity contribution in [3.05, 3.63) is 65.2 Å². The summed E-state index contributed by atoms with van der Waals surface area (Å²) in [7, 11) is 7.00. The minimum absolute atomic E-state index is 0.0661. The number of ether oxygens (including phenoxy) is 2. The second kappa shape index (κ2) is 9.66. The second-order valence-corrected chi connectivity index (χ2v) is 7.66. The van der Waals surface area contributed by atoms with Gasteiger partial charge >= 0.3 is 0 Å². The lowest BCUT2D eigenvalue weighted by molar-refractivity contribution is -0.139. The SMILES string of the molecule is COc1cccc(/C(O)=C2\C(=O)C(=O)N(CCCN(C)C)[C@@H]2c2cccc(OC)c2)c1. The van der Waals surface area contributed by atoms with Crippen LogP contribution in [0.15, 0.2) is 54.1 Å². The van der Waals surface area contributed by atoms with Crippen LogP contribution in [0.4, 0.5) is 0 Å². The maximum Gasteiger partial charge on any atom is 0.295 e. The molecule has 0 aliphatic carbocycles. The molecular formula is C24H28N2O5. The highest BCUT2D eigenvalue weighted by Gasteiger charge is 2.45. The molecule has 0 unspecified atom stereocenters. The molecule has 0 bridgehead atoms. The van der Waals surface area contributed by atoms with Gasteiger partial charge in [-0.3, -0.25) is 9.59 Å². The number of likely N-dealkylation sites (tertiary alicyclic amines) is 1. The van der Waals surface area contributed by atoms with E-state index in [0.717, 1.165) is 6.54 Å². The molecule has 1 aliphatic rings. The molecule has 0 aromatic heterocycles. The molecule has 0 radical (unpaired) electrons. The van der Waals surface area contributed by atoms with Crippen LogP contribution in [0.3, 0.4) is 0 Å². The highest BCUT2D eigenvalue weighted by Crippen LogP contribution is 2.40. The summed E-state index contributed by atoms with van der Waals surface area (Å²) in [6.45, 7) is 1.16. The van der Waals surface area contributed by atoms with E-state index in [1.54, 1.807) is 49.6 Å². The minimum atomic E-state index is -0.705. The fourth-order valence-corrected chi connectivity index (χ4v) is 3.75. The number of aliphatic hydroxyl groups excluding tert-OH is 1. The average molecular weight is 424 g/mol. The van der Waals surface area contributed by atoms with E-state index in [2.05, 4.69) is 0 Å². The number of ketones is 1. The number of rotatable bonds is 8. The molecule has 1 heterocycles. The Labute approximate surface area is 182 Å². The molecule has 0 spiro atoms. The summed E-state index contributed by atoms with van der Waals surface area (Å²) in [6.07, 6.45) is 0.694. The normalized spacial score (nSPS) is 18.0. The number of hydrogen-bond acceptors (Lipinski definition) is 6. The third kappa shape index (κ3) is 4.72. The van der Waals surface area contributed by atoms with Crippen molar-refractivity contribution >= 4 is 17.4 Å². The summed E-state index contributed by atoms with van der Waals surface area (Å²) in [6, 6.07) is 13.3. The Morgan fingerprint density at radius 1 is 1.03 bits per heavy atom. The average Bonchev–Trinajstić information content (AvgIpc) is 3.03. The van der Waals surface area contributed by atoms with Crippen LogP contribution < -0.4 is 9.47 Å². The summed E-state index contributed by atoms with van der Waals surface area (Å²) in [5.41, 5.74) is 1.18. The standard InChI is InChI=1S/C24H28N2O5/c1-25(2)12-7-13-26-21(16-8-5-10-18(14-16)30-3)20(23(28)24(26)29)22(27)17-9-6-11-19(15-17)31-4/h5-6,8-11,14-15,21,27H,7,12-13H2,1-4H3/b22-20+/t21-/m1/s1. The lowest BCUT2D eigenvalue weighted by Crippen LogP contribution is -2.32. The number of amides is 1. The summed E-state index contributed by atoms with van der Waals surface area (Å²) >= 11 is 0. The van der Waals surface area contributed by atoms with Gasteiger partial charge in [-0.15, -0.1) is 0 Å². The van der Waals surface area contributed by atoms with Crippen molar-refractivity contribution in [1.82, 2.24) is 9.80 Å². The quantitative estimate of drug-likeness (QED) is 0.399. The van der Waals surface area contributed by atoms with Gasteiger partial charge in [0, 0.05) is 12.1 Å². The fraction of sp³-hybridized carbons (Fsp3) is 0.333. The fourth-order valence-electron chi connectivity index (χ4n) is 3.75. The molecule has 1 fully saturated rings. The Morgan fingerprint density at radius 2 is 1.68 bits per heavy atom. The van der Waals surface area contributed by atoms with Gasteiger partial charge in [0.25, 0.3) is 11.7 Å². The molecular weight excluding hydrogens is 396 g/mol. The molecule has 7 nitrogen and oxygen atoms in total. The van der Waals surface area contributed by atoms with E-state index in [9.17, 15) is 14.7 Å². The zero-order valence-corrected chi connectivity index (χ0v) is 18.3. The molecule has 1 N–H and O–H groups in total. The predicted octanol–water partition coefficient (Wildman–Crippen LogP) is 3.08. The van der Waals surface area contributed by atoms with E-state index in [-0.39, 0.29) is 11.3 Å². The summed E-state index contributed by atoms with van der Waals surface area (Å²) in [5.74, 6) is -0.380. The van der Waals surface area contributed by atoms with Crippen molar-refractivity contribution < 1.29 is 24.2 Å². The molecule has 2 aromatic rings. The minimum Gasteiger partial charge on any atom is -0.507 e. The molecule has 1 saturated heterocycles. The monoisotopic (exact) mass is 424 g/mol. The van der Waals surface area contributed by atoms with Crippen LogP contribution in [0.1, 0.15) is 23.6 Å². The summed E-state index contributed by atoms with van der Waals surface area (Å²) in [4.78, 5) is 29.5. The third-order valence-electron chi connectivity index (χ3n) is 5.30. The molecule has 2 aromatic carbocycles. The predicted molar refractivity (Wildman–Crippen MR) is 118 cm³/mol. The van der Waals surface area contributed by atoms with Crippen LogP contribution in [0.25, 0.3) is 5.76 Å². The Balaban J connectivity index is 2.12. The molecule has 0 saturated carbocycles. The number of hydrogen-bond donors (Lipinski definition) is 1. The van der Waals surface area contributed by atoms with Crippen LogP contribution in [-0.2, 0) is 9.59 Å². The highest BCUT2D eigenvalue weighted by atomic mass is 16.5. The Bertz CT molecular complexity index is 999. The van der Waals surface area contributed by atoms with Gasteiger partial charge in [0.1, 0.15) is 17.3 Å². The first-order chi connectivity index (χ1) is 14.9. The molecule has 1 atom stereocenters. The van der Waals surface area contributed by atoms with Crippen molar-refractivity contribution in [3.8, 4) is 11.5 Å². The number of carbonyl (C=O) groups is 2. The Hall–Kier alpha value is -3.32. The van der Waals surface area contributed by atoms with E-state index in [1.165, 1.54) is 12.0 Å². The van der Waals surface area contributed by atoms with Gasteiger partial charge in [-0.25, -0.2) is 0 Å².